The zero-order valence-electron chi connectivity index (χ0n) is 7.79. The van der Waals surface area contributed by atoms with E-state index in [1.165, 1.54) is 6.26 Å². The summed E-state index contributed by atoms with van der Waals surface area (Å²) in [5.41, 5.74) is 0. The lowest BCUT2D eigenvalue weighted by atomic mass is 10.1. The van der Waals surface area contributed by atoms with Crippen molar-refractivity contribution in [2.24, 2.45) is 5.92 Å². The minimum atomic E-state index is -2.80. The molecule has 0 bridgehead atoms. The second-order valence-electron chi connectivity index (χ2n) is 3.61. The molecule has 0 saturated heterocycles. The van der Waals surface area contributed by atoms with Gasteiger partial charge < -0.3 is 0 Å². The van der Waals surface area contributed by atoms with Crippen LogP contribution in [0.3, 0.4) is 0 Å². The van der Waals surface area contributed by atoms with Crippen LogP contribution in [0.25, 0.3) is 0 Å². The SMILES string of the molecule is CC(C)CCC(C)S(C)(=O)=O. The maximum Gasteiger partial charge on any atom is 0.150 e. The van der Waals surface area contributed by atoms with Gasteiger partial charge in [-0.1, -0.05) is 13.8 Å². The molecule has 0 heterocycles. The molecule has 0 fully saturated rings. The van der Waals surface area contributed by atoms with Gasteiger partial charge in [-0.25, -0.2) is 8.42 Å². The Morgan fingerprint density at radius 2 is 1.55 bits per heavy atom. The lowest BCUT2D eigenvalue weighted by Crippen LogP contribution is -2.16. The van der Waals surface area contributed by atoms with E-state index in [0.29, 0.717) is 5.92 Å². The quantitative estimate of drug-likeness (QED) is 0.658. The topological polar surface area (TPSA) is 34.1 Å². The lowest BCUT2D eigenvalue weighted by molar-refractivity contribution is 0.532. The van der Waals surface area contributed by atoms with Gasteiger partial charge in [0.15, 0.2) is 0 Å². The van der Waals surface area contributed by atoms with Crippen molar-refractivity contribution in [1.82, 2.24) is 0 Å². The van der Waals surface area contributed by atoms with Crippen LogP contribution in [0.1, 0.15) is 33.6 Å². The molecule has 68 valence electrons. The Morgan fingerprint density at radius 3 is 1.82 bits per heavy atom. The van der Waals surface area contributed by atoms with Gasteiger partial charge in [-0.2, -0.15) is 0 Å². The predicted molar refractivity (Wildman–Crippen MR) is 48.4 cm³/mol. The van der Waals surface area contributed by atoms with Gasteiger partial charge in [-0.3, -0.25) is 0 Å². The van der Waals surface area contributed by atoms with Crippen molar-refractivity contribution >= 4 is 9.84 Å². The molecule has 0 radical (unpaired) electrons. The lowest BCUT2D eigenvalue weighted by Gasteiger charge is -2.10. The van der Waals surface area contributed by atoms with Crippen LogP contribution in [-0.4, -0.2) is 19.9 Å². The van der Waals surface area contributed by atoms with E-state index in [9.17, 15) is 8.42 Å². The molecule has 1 unspecified atom stereocenters. The van der Waals surface area contributed by atoms with E-state index < -0.39 is 9.84 Å². The number of sulfone groups is 1. The van der Waals surface area contributed by atoms with Crippen molar-refractivity contribution in [2.75, 3.05) is 6.26 Å². The Kier molecular flexibility index (Phi) is 4.08. The maximum absolute atomic E-state index is 10.9. The molecule has 0 aromatic rings. The first-order valence-electron chi connectivity index (χ1n) is 4.03. The standard InChI is InChI=1S/C8H18O2S/c1-7(2)5-6-8(3)11(4,9)10/h7-8H,5-6H2,1-4H3. The first-order valence-corrected chi connectivity index (χ1v) is 5.98. The highest BCUT2D eigenvalue weighted by Crippen LogP contribution is 2.11. The smallest absolute Gasteiger partial charge is 0.150 e. The van der Waals surface area contributed by atoms with E-state index in [-0.39, 0.29) is 5.25 Å². The summed E-state index contributed by atoms with van der Waals surface area (Å²) >= 11 is 0. The van der Waals surface area contributed by atoms with Crippen LogP contribution in [0, 0.1) is 5.92 Å². The van der Waals surface area contributed by atoms with E-state index in [1.807, 2.05) is 0 Å². The van der Waals surface area contributed by atoms with Crippen molar-refractivity contribution in [3.63, 3.8) is 0 Å². The summed E-state index contributed by atoms with van der Waals surface area (Å²) in [5.74, 6) is 0.596. The molecule has 0 N–H and O–H groups in total. The minimum absolute atomic E-state index is 0.176. The number of hydrogen-bond donors (Lipinski definition) is 0. The van der Waals surface area contributed by atoms with Crippen LogP contribution >= 0.6 is 0 Å². The van der Waals surface area contributed by atoms with Crippen molar-refractivity contribution in [2.45, 2.75) is 38.9 Å². The first kappa shape index (κ1) is 11.0. The summed E-state index contributed by atoms with van der Waals surface area (Å²) < 4.78 is 21.9. The van der Waals surface area contributed by atoms with E-state index in [2.05, 4.69) is 13.8 Å². The zero-order chi connectivity index (χ0) is 9.07. The van der Waals surface area contributed by atoms with E-state index >= 15 is 0 Å². The van der Waals surface area contributed by atoms with E-state index in [0.717, 1.165) is 12.8 Å². The molecule has 0 saturated carbocycles. The van der Waals surface area contributed by atoms with Crippen molar-refractivity contribution in [1.29, 1.82) is 0 Å². The third-order valence-corrected chi connectivity index (χ3v) is 3.58. The van der Waals surface area contributed by atoms with Gasteiger partial charge in [0, 0.05) is 6.26 Å². The molecule has 0 amide bonds. The van der Waals surface area contributed by atoms with Gasteiger partial charge in [0.2, 0.25) is 0 Å². The maximum atomic E-state index is 10.9. The van der Waals surface area contributed by atoms with Gasteiger partial charge in [-0.05, 0) is 25.7 Å². The molecule has 0 rings (SSSR count). The van der Waals surface area contributed by atoms with Crippen LogP contribution in [0.2, 0.25) is 0 Å². The fourth-order valence-electron chi connectivity index (χ4n) is 0.782. The van der Waals surface area contributed by atoms with Crippen molar-refractivity contribution < 1.29 is 8.42 Å². The molecule has 0 aromatic carbocycles. The van der Waals surface area contributed by atoms with Crippen molar-refractivity contribution in [3.8, 4) is 0 Å². The summed E-state index contributed by atoms with van der Waals surface area (Å²) in [5, 5.41) is -0.176. The molecular weight excluding hydrogens is 160 g/mol. The van der Waals surface area contributed by atoms with Gasteiger partial charge >= 0.3 is 0 Å². The molecule has 11 heavy (non-hydrogen) atoms. The Balaban J connectivity index is 3.81. The third kappa shape index (κ3) is 5.24. The molecular formula is C8H18O2S. The molecule has 2 nitrogen and oxygen atoms in total. The van der Waals surface area contributed by atoms with E-state index in [4.69, 9.17) is 0 Å². The molecule has 3 heteroatoms. The average Bonchev–Trinajstić information content (AvgIpc) is 1.80. The summed E-state index contributed by atoms with van der Waals surface area (Å²) in [6.45, 7) is 5.99. The third-order valence-electron chi connectivity index (χ3n) is 1.88. The highest BCUT2D eigenvalue weighted by atomic mass is 32.2. The van der Waals surface area contributed by atoms with Gasteiger partial charge in [0.1, 0.15) is 9.84 Å². The van der Waals surface area contributed by atoms with Crippen LogP contribution < -0.4 is 0 Å². The zero-order valence-corrected chi connectivity index (χ0v) is 8.61. The first-order chi connectivity index (χ1) is 4.84. The Labute approximate surface area is 69.9 Å². The van der Waals surface area contributed by atoms with Crippen LogP contribution in [0.4, 0.5) is 0 Å². The van der Waals surface area contributed by atoms with Gasteiger partial charge in [0.25, 0.3) is 0 Å². The molecule has 0 spiro atoms. The number of rotatable bonds is 4. The monoisotopic (exact) mass is 178 g/mol. The number of hydrogen-bond acceptors (Lipinski definition) is 2. The van der Waals surface area contributed by atoms with Gasteiger partial charge in [-0.15, -0.1) is 0 Å². The largest absolute Gasteiger partial charge is 0.229 e. The summed E-state index contributed by atoms with van der Waals surface area (Å²) in [7, 11) is -2.80. The molecule has 0 aromatic heterocycles. The van der Waals surface area contributed by atoms with Gasteiger partial charge in [0.05, 0.1) is 5.25 Å². The Hall–Kier alpha value is -0.0500. The Bertz CT molecular complexity index is 192. The predicted octanol–water partition coefficient (Wildman–Crippen LogP) is 1.86. The minimum Gasteiger partial charge on any atom is -0.229 e. The highest BCUT2D eigenvalue weighted by molar-refractivity contribution is 7.91. The second kappa shape index (κ2) is 4.10. The summed E-state index contributed by atoms with van der Waals surface area (Å²) in [4.78, 5) is 0. The highest BCUT2D eigenvalue weighted by Gasteiger charge is 2.14. The van der Waals surface area contributed by atoms with Crippen LogP contribution in [-0.2, 0) is 9.84 Å². The molecule has 0 aliphatic heterocycles. The normalized spacial score (nSPS) is 15.4. The summed E-state index contributed by atoms with van der Waals surface area (Å²) in [6.07, 6.45) is 3.09. The molecule has 1 atom stereocenters. The molecule has 0 aliphatic rings. The fourth-order valence-corrected chi connectivity index (χ4v) is 1.35. The van der Waals surface area contributed by atoms with Crippen LogP contribution in [0.5, 0.6) is 0 Å². The Morgan fingerprint density at radius 1 is 1.09 bits per heavy atom. The molecule has 0 aliphatic carbocycles. The average molecular weight is 178 g/mol. The summed E-state index contributed by atoms with van der Waals surface area (Å²) in [6, 6.07) is 0. The fraction of sp³-hybridized carbons (Fsp3) is 1.00. The van der Waals surface area contributed by atoms with Crippen LogP contribution in [0.15, 0.2) is 0 Å². The van der Waals surface area contributed by atoms with E-state index in [1.54, 1.807) is 6.92 Å². The second-order valence-corrected chi connectivity index (χ2v) is 6.08. The van der Waals surface area contributed by atoms with Crippen molar-refractivity contribution in [3.05, 3.63) is 0 Å².